The summed E-state index contributed by atoms with van der Waals surface area (Å²) in [5.74, 6) is 0.964. The fourth-order valence-electron chi connectivity index (χ4n) is 2.32. The fraction of sp³-hybridized carbons (Fsp3) is 1.00. The Bertz CT molecular complexity index is 248. The van der Waals surface area contributed by atoms with Gasteiger partial charge in [0, 0.05) is 5.92 Å². The predicted molar refractivity (Wildman–Crippen MR) is 50.5 cm³/mol. The molecule has 7 heteroatoms. The van der Waals surface area contributed by atoms with E-state index < -0.39 is 10.2 Å². The van der Waals surface area contributed by atoms with E-state index in [9.17, 15) is 0 Å². The second-order valence-corrected chi connectivity index (χ2v) is 5.11. The molecular weight excluding hydrogens is 236 g/mol. The van der Waals surface area contributed by atoms with Crippen LogP contribution in [0.5, 0.6) is 0 Å². The summed E-state index contributed by atoms with van der Waals surface area (Å²) in [4.78, 5) is 0. The molecule has 0 saturated heterocycles. The summed E-state index contributed by atoms with van der Waals surface area (Å²) in [6.45, 7) is 4.53. The first kappa shape index (κ1) is 13.8. The van der Waals surface area contributed by atoms with E-state index in [1.54, 1.807) is 0 Å². The molecule has 0 aromatic heterocycles. The van der Waals surface area contributed by atoms with E-state index in [1.807, 2.05) is 0 Å². The van der Waals surface area contributed by atoms with Gasteiger partial charge in [-0.05, 0) is 31.3 Å². The molecule has 1 aliphatic heterocycles. The van der Waals surface area contributed by atoms with Crippen molar-refractivity contribution in [3.63, 3.8) is 0 Å². The molecule has 1 saturated carbocycles. The van der Waals surface area contributed by atoms with Crippen molar-refractivity contribution in [1.82, 2.24) is 0 Å². The first-order chi connectivity index (χ1) is 7.38. The summed E-state index contributed by atoms with van der Waals surface area (Å²) in [5, 5.41) is 4.65. The maximum absolute atomic E-state index is 8.83. The van der Waals surface area contributed by atoms with Crippen molar-refractivity contribution in [2.45, 2.75) is 38.6 Å². The number of fused-ring (bicyclic) bond motifs is 2. The van der Waals surface area contributed by atoms with Gasteiger partial charge in [0.2, 0.25) is 0 Å². The van der Waals surface area contributed by atoms with Crippen molar-refractivity contribution in [3.05, 3.63) is 0 Å². The van der Waals surface area contributed by atoms with Gasteiger partial charge < -0.3 is 0 Å². The van der Waals surface area contributed by atoms with Gasteiger partial charge in [-0.1, -0.05) is 6.42 Å². The predicted octanol–water partition coefficient (Wildman–Crippen LogP) is -0.817. The average molecular weight is 256 g/mol. The van der Waals surface area contributed by atoms with E-state index in [0.717, 1.165) is 12.5 Å². The monoisotopic (exact) mass is 255 g/mol. The van der Waals surface area contributed by atoms with Crippen LogP contribution in [0.1, 0.15) is 32.6 Å². The Balaban J connectivity index is 0.000000221. The first-order valence-electron chi connectivity index (χ1n) is 5.50. The van der Waals surface area contributed by atoms with Crippen LogP contribution in [0.2, 0.25) is 0 Å². The third kappa shape index (κ3) is 5.72. The van der Waals surface area contributed by atoms with Crippen molar-refractivity contribution < 1.29 is 33.6 Å². The van der Waals surface area contributed by atoms with Crippen molar-refractivity contribution in [2.24, 2.45) is 11.0 Å². The number of rotatable bonds is 1. The third-order valence-corrected chi connectivity index (χ3v) is 2.92. The second-order valence-electron chi connectivity index (χ2n) is 4.24. The topological polar surface area (TPSA) is 99.1 Å². The molecule has 1 fully saturated rings. The Hall–Kier alpha value is -0.270. The quantitative estimate of drug-likeness (QED) is 0.533. The van der Waals surface area contributed by atoms with Crippen molar-refractivity contribution in [3.8, 4) is 0 Å². The molecule has 0 aromatic carbocycles. The SMILES string of the molecule is CC[N+]1=NC2CCCC(C2)C1.[O-][Cl+](O)(O)O. The van der Waals surface area contributed by atoms with E-state index in [0.29, 0.717) is 6.04 Å². The zero-order valence-corrected chi connectivity index (χ0v) is 10.2. The van der Waals surface area contributed by atoms with Crippen LogP contribution in [0.3, 0.4) is 0 Å². The minimum atomic E-state index is -4.19. The molecule has 2 bridgehead atoms. The van der Waals surface area contributed by atoms with E-state index in [4.69, 9.17) is 18.6 Å². The molecule has 2 rings (SSSR count). The second kappa shape index (κ2) is 5.88. The number of azo groups is 2. The van der Waals surface area contributed by atoms with Gasteiger partial charge in [-0.25, -0.2) is 0 Å². The molecule has 0 aromatic rings. The summed E-state index contributed by atoms with van der Waals surface area (Å²) in [6.07, 6.45) is 5.57. The Kier molecular flexibility index (Phi) is 5.07. The Labute approximate surface area is 96.9 Å². The molecule has 3 N–H and O–H groups in total. The van der Waals surface area contributed by atoms with Crippen LogP contribution in [0.15, 0.2) is 5.11 Å². The molecular formula is C9H20ClN2O4+. The van der Waals surface area contributed by atoms with Gasteiger partial charge in [0.1, 0.15) is 6.04 Å². The van der Waals surface area contributed by atoms with Crippen LogP contribution >= 0.6 is 0 Å². The standard InChI is InChI=1S/C9H17N2.ClH3O4/c1-2-11-7-8-4-3-5-9(6-8)10-11;2-1(3,4)5/h8-9H,2-7H2,1H3;2-4H/q+1;. The average Bonchev–Trinajstić information content (AvgIpc) is 2.14. The molecule has 1 aliphatic carbocycles. The van der Waals surface area contributed by atoms with Crippen LogP contribution in [-0.2, 0) is 0 Å². The van der Waals surface area contributed by atoms with E-state index >= 15 is 0 Å². The van der Waals surface area contributed by atoms with Crippen LogP contribution in [-0.4, -0.2) is 37.8 Å². The summed E-state index contributed by atoms with van der Waals surface area (Å²) in [6, 6.07) is 0.683. The minimum absolute atomic E-state index is 0.683. The molecule has 0 spiro atoms. The van der Waals surface area contributed by atoms with E-state index in [-0.39, 0.29) is 0 Å². The molecule has 0 radical (unpaired) electrons. The number of nitrogens with zero attached hydrogens (tertiary/aromatic N) is 2. The van der Waals surface area contributed by atoms with Crippen molar-refractivity contribution >= 4 is 0 Å². The molecule has 1 heterocycles. The van der Waals surface area contributed by atoms with Crippen LogP contribution < -0.4 is 4.66 Å². The molecule has 0 amide bonds. The van der Waals surface area contributed by atoms with Gasteiger partial charge in [-0.2, -0.15) is 0 Å². The summed E-state index contributed by atoms with van der Waals surface area (Å²) < 4.78 is 32.5. The molecule has 2 aliphatic rings. The van der Waals surface area contributed by atoms with E-state index in [2.05, 4.69) is 16.7 Å². The van der Waals surface area contributed by atoms with Crippen molar-refractivity contribution in [2.75, 3.05) is 13.1 Å². The molecule has 2 unspecified atom stereocenters. The Morgan fingerprint density at radius 2 is 2.00 bits per heavy atom. The fourth-order valence-corrected chi connectivity index (χ4v) is 2.32. The van der Waals surface area contributed by atoms with Crippen LogP contribution in [0.25, 0.3) is 0 Å². The normalized spacial score (nSPS) is 29.9. The van der Waals surface area contributed by atoms with Crippen LogP contribution in [0.4, 0.5) is 0 Å². The zero-order valence-electron chi connectivity index (χ0n) is 9.42. The molecule has 2 atom stereocenters. The number of hydrogen-bond donors (Lipinski definition) is 3. The van der Waals surface area contributed by atoms with Gasteiger partial charge in [0.25, 0.3) is 0 Å². The summed E-state index contributed by atoms with van der Waals surface area (Å²) in [5.41, 5.74) is 0. The van der Waals surface area contributed by atoms with Crippen LogP contribution in [0, 0.1) is 16.2 Å². The van der Waals surface area contributed by atoms with Gasteiger partial charge in [0.15, 0.2) is 13.1 Å². The van der Waals surface area contributed by atoms with Gasteiger partial charge >= 0.3 is 28.9 Å². The summed E-state index contributed by atoms with van der Waals surface area (Å²) >= 11 is 0. The zero-order chi connectivity index (χ0) is 12.2. The van der Waals surface area contributed by atoms with Gasteiger partial charge in [0.05, 0.1) is 0 Å². The maximum atomic E-state index is 8.83. The third-order valence-electron chi connectivity index (χ3n) is 2.92. The van der Waals surface area contributed by atoms with Gasteiger partial charge in [-0.3, -0.25) is 0 Å². The molecule has 6 nitrogen and oxygen atoms in total. The molecule has 96 valence electrons. The number of halogens is 1. The van der Waals surface area contributed by atoms with E-state index in [1.165, 1.54) is 32.2 Å². The Morgan fingerprint density at radius 3 is 2.50 bits per heavy atom. The number of hydrogen-bond acceptors (Lipinski definition) is 5. The first-order valence-corrected chi connectivity index (χ1v) is 6.82. The Morgan fingerprint density at radius 1 is 1.38 bits per heavy atom. The van der Waals surface area contributed by atoms with Crippen molar-refractivity contribution in [1.29, 1.82) is 0 Å². The summed E-state index contributed by atoms with van der Waals surface area (Å²) in [7, 11) is -4.19. The van der Waals surface area contributed by atoms with Gasteiger partial charge in [-0.15, -0.1) is 4.70 Å². The molecule has 16 heavy (non-hydrogen) atoms.